The van der Waals surface area contributed by atoms with Gasteiger partial charge in [0.05, 0.1) is 12.0 Å². The molecule has 0 saturated heterocycles. The van der Waals surface area contributed by atoms with Gasteiger partial charge >= 0.3 is 37.6 Å². The normalized spacial score (nSPS) is 10.2. The SMILES string of the molecule is CCSO[P+](=O)CC.[H-].[Na+]. The first-order valence-electron chi connectivity index (χ1n) is 2.55. The Labute approximate surface area is 85.0 Å². The van der Waals surface area contributed by atoms with Crippen LogP contribution in [-0.4, -0.2) is 11.9 Å². The van der Waals surface area contributed by atoms with Gasteiger partial charge in [-0.3, -0.25) is 0 Å². The van der Waals surface area contributed by atoms with Crippen LogP contribution >= 0.6 is 20.1 Å². The average molecular weight is 177 g/mol. The number of hydrogen-bond donors (Lipinski definition) is 0. The summed E-state index contributed by atoms with van der Waals surface area (Å²) in [7, 11) is -1.37. The summed E-state index contributed by atoms with van der Waals surface area (Å²) < 4.78 is 15.2. The first kappa shape index (κ1) is 13.0. The molecule has 0 spiro atoms. The molecular formula is C4H11NaO2PS+. The van der Waals surface area contributed by atoms with Crippen LogP contribution in [0.15, 0.2) is 0 Å². The van der Waals surface area contributed by atoms with E-state index in [0.29, 0.717) is 6.16 Å². The van der Waals surface area contributed by atoms with E-state index in [9.17, 15) is 4.57 Å². The van der Waals surface area contributed by atoms with E-state index in [0.717, 1.165) is 5.75 Å². The van der Waals surface area contributed by atoms with Crippen molar-refractivity contribution in [3.05, 3.63) is 0 Å². The van der Waals surface area contributed by atoms with Crippen molar-refractivity contribution in [3.8, 4) is 0 Å². The molecular weight excluding hydrogens is 166 g/mol. The zero-order chi connectivity index (χ0) is 6.41. The van der Waals surface area contributed by atoms with Crippen molar-refractivity contribution in [3.63, 3.8) is 0 Å². The van der Waals surface area contributed by atoms with E-state index in [1.807, 2.05) is 13.8 Å². The fourth-order valence-corrected chi connectivity index (χ4v) is 1.48. The van der Waals surface area contributed by atoms with Gasteiger partial charge in [0.25, 0.3) is 0 Å². The monoisotopic (exact) mass is 177 g/mol. The van der Waals surface area contributed by atoms with E-state index in [2.05, 4.69) is 0 Å². The molecule has 0 aliphatic carbocycles. The van der Waals surface area contributed by atoms with Crippen LogP contribution in [0.2, 0.25) is 0 Å². The van der Waals surface area contributed by atoms with Crippen molar-refractivity contribution in [1.29, 1.82) is 0 Å². The topological polar surface area (TPSA) is 26.3 Å². The van der Waals surface area contributed by atoms with Gasteiger partial charge in [-0.05, 0) is 11.5 Å². The van der Waals surface area contributed by atoms with Crippen LogP contribution < -0.4 is 29.6 Å². The minimum Gasteiger partial charge on any atom is -1.00 e. The summed E-state index contributed by atoms with van der Waals surface area (Å²) in [6, 6.07) is 0. The molecule has 5 heteroatoms. The zero-order valence-corrected chi connectivity index (χ0v) is 9.80. The minimum absolute atomic E-state index is 0. The van der Waals surface area contributed by atoms with Crippen LogP contribution in [0.25, 0.3) is 0 Å². The van der Waals surface area contributed by atoms with Crippen LogP contribution in [-0.2, 0) is 8.54 Å². The molecule has 50 valence electrons. The minimum atomic E-state index is -1.37. The molecule has 1 unspecified atom stereocenters. The van der Waals surface area contributed by atoms with Crippen LogP contribution in [0.5, 0.6) is 0 Å². The van der Waals surface area contributed by atoms with Crippen LogP contribution in [0, 0.1) is 0 Å². The fourth-order valence-electron chi connectivity index (χ4n) is 0.164. The molecule has 0 amide bonds. The van der Waals surface area contributed by atoms with E-state index in [1.54, 1.807) is 0 Å². The summed E-state index contributed by atoms with van der Waals surface area (Å²) in [6.07, 6.45) is 0.613. The quantitative estimate of drug-likeness (QED) is 0.330. The van der Waals surface area contributed by atoms with Gasteiger partial charge in [0, 0.05) is 5.75 Å². The van der Waals surface area contributed by atoms with Gasteiger partial charge in [-0.2, -0.15) is 0 Å². The summed E-state index contributed by atoms with van der Waals surface area (Å²) in [6.45, 7) is 3.80. The van der Waals surface area contributed by atoms with E-state index >= 15 is 0 Å². The molecule has 0 fully saturated rings. The molecule has 9 heavy (non-hydrogen) atoms. The molecule has 0 rings (SSSR count). The number of rotatable bonds is 4. The number of hydrogen-bond acceptors (Lipinski definition) is 3. The van der Waals surface area contributed by atoms with Crippen LogP contribution in [0.3, 0.4) is 0 Å². The molecule has 0 bridgehead atoms. The second-order valence-corrected chi connectivity index (χ2v) is 3.84. The largest absolute Gasteiger partial charge is 1.00 e. The average Bonchev–Trinajstić information content (AvgIpc) is 1.83. The van der Waals surface area contributed by atoms with Crippen molar-refractivity contribution in [2.24, 2.45) is 0 Å². The molecule has 0 N–H and O–H groups in total. The molecule has 0 aliphatic rings. The maximum Gasteiger partial charge on any atom is 1.00 e. The molecule has 1 atom stereocenters. The first-order chi connectivity index (χ1) is 3.81. The standard InChI is InChI=1S/C4H10O2PS.Na.H/c1-3-7(5)6-8-4-2;;/h3-4H2,1-2H3;;/q2*+1;-1. The summed E-state index contributed by atoms with van der Waals surface area (Å²) >= 11 is 1.26. The van der Waals surface area contributed by atoms with E-state index in [4.69, 9.17) is 3.97 Å². The van der Waals surface area contributed by atoms with E-state index < -0.39 is 8.03 Å². The van der Waals surface area contributed by atoms with Crippen molar-refractivity contribution in [2.75, 3.05) is 11.9 Å². The van der Waals surface area contributed by atoms with E-state index in [1.165, 1.54) is 12.0 Å². The van der Waals surface area contributed by atoms with Crippen LogP contribution in [0.4, 0.5) is 0 Å². The molecule has 0 radical (unpaired) electrons. The maximum atomic E-state index is 10.5. The Kier molecular flexibility index (Phi) is 13.6. The molecule has 0 aromatic rings. The third-order valence-electron chi connectivity index (χ3n) is 0.512. The summed E-state index contributed by atoms with van der Waals surface area (Å²) in [5.74, 6) is 0.862. The zero-order valence-electron chi connectivity index (χ0n) is 7.09. The third kappa shape index (κ3) is 9.41. The van der Waals surface area contributed by atoms with Crippen molar-refractivity contribution >= 4 is 20.1 Å². The Morgan fingerprint density at radius 3 is 2.56 bits per heavy atom. The first-order valence-corrected chi connectivity index (χ1v) is 4.82. The molecule has 0 aromatic heterocycles. The van der Waals surface area contributed by atoms with Gasteiger partial charge in [-0.25, -0.2) is 0 Å². The maximum absolute atomic E-state index is 10.5. The van der Waals surface area contributed by atoms with Crippen LogP contribution in [0.1, 0.15) is 15.3 Å². The third-order valence-corrected chi connectivity index (χ3v) is 2.35. The van der Waals surface area contributed by atoms with Gasteiger partial charge < -0.3 is 1.43 Å². The molecule has 2 nitrogen and oxygen atoms in total. The van der Waals surface area contributed by atoms with Gasteiger partial charge in [0.15, 0.2) is 6.16 Å². The van der Waals surface area contributed by atoms with Gasteiger partial charge in [0.2, 0.25) is 0 Å². The van der Waals surface area contributed by atoms with Gasteiger partial charge in [0.1, 0.15) is 0 Å². The van der Waals surface area contributed by atoms with Crippen molar-refractivity contribution in [1.82, 2.24) is 0 Å². The summed E-state index contributed by atoms with van der Waals surface area (Å²) in [4.78, 5) is 0. The smallest absolute Gasteiger partial charge is 1.00 e. The Hall–Kier alpha value is 1.41. The predicted molar refractivity (Wildman–Crippen MR) is 38.5 cm³/mol. The Balaban J connectivity index is -0.000000245. The Morgan fingerprint density at radius 2 is 2.22 bits per heavy atom. The molecule has 0 aliphatic heterocycles. The van der Waals surface area contributed by atoms with Gasteiger partial charge in [-0.1, -0.05) is 10.9 Å². The predicted octanol–water partition coefficient (Wildman–Crippen LogP) is -0.450. The summed E-state index contributed by atoms with van der Waals surface area (Å²) in [5.41, 5.74) is 0. The summed E-state index contributed by atoms with van der Waals surface area (Å²) in [5, 5.41) is 0. The molecule has 0 heterocycles. The Bertz CT molecular complexity index is 85.7. The van der Waals surface area contributed by atoms with Crippen molar-refractivity contribution < 1.29 is 39.5 Å². The Morgan fingerprint density at radius 1 is 1.67 bits per heavy atom. The van der Waals surface area contributed by atoms with Crippen molar-refractivity contribution in [2.45, 2.75) is 13.8 Å². The van der Waals surface area contributed by atoms with E-state index in [-0.39, 0.29) is 31.0 Å². The second kappa shape index (κ2) is 9.41. The molecule has 0 saturated carbocycles. The molecule has 0 aromatic carbocycles. The van der Waals surface area contributed by atoms with Gasteiger partial charge in [-0.15, -0.1) is 0 Å². The fraction of sp³-hybridized carbons (Fsp3) is 1.00. The second-order valence-electron chi connectivity index (χ2n) is 1.13.